The van der Waals surface area contributed by atoms with Crippen LogP contribution in [0.4, 0.5) is 5.82 Å². The van der Waals surface area contributed by atoms with E-state index in [9.17, 15) is 4.79 Å². The van der Waals surface area contributed by atoms with Crippen LogP contribution in [0.25, 0.3) is 11.0 Å². The maximum atomic E-state index is 12.7. The highest BCUT2D eigenvalue weighted by atomic mass is 16.2. The van der Waals surface area contributed by atoms with Crippen LogP contribution in [-0.2, 0) is 6.54 Å². The number of pyridine rings is 2. The maximum absolute atomic E-state index is 12.7. The van der Waals surface area contributed by atoms with Crippen molar-refractivity contribution in [2.75, 3.05) is 18.4 Å². The van der Waals surface area contributed by atoms with Crippen molar-refractivity contribution in [3.63, 3.8) is 0 Å². The third-order valence-corrected chi connectivity index (χ3v) is 5.74. The Morgan fingerprint density at radius 2 is 1.97 bits per heavy atom. The molecular formula is C24H24N6O. The Labute approximate surface area is 180 Å². The average Bonchev–Trinajstić information content (AvgIpc) is 3.45. The van der Waals surface area contributed by atoms with Crippen molar-refractivity contribution in [2.45, 2.75) is 25.8 Å². The van der Waals surface area contributed by atoms with Crippen molar-refractivity contribution in [2.24, 2.45) is 0 Å². The first-order valence-electron chi connectivity index (χ1n) is 10.5. The third kappa shape index (κ3) is 3.99. The number of fused-ring (bicyclic) bond motifs is 1. The highest BCUT2D eigenvalue weighted by Crippen LogP contribution is 2.29. The molecule has 31 heavy (non-hydrogen) atoms. The van der Waals surface area contributed by atoms with E-state index >= 15 is 0 Å². The van der Waals surface area contributed by atoms with Crippen molar-refractivity contribution in [3.05, 3.63) is 83.3 Å². The number of benzene rings is 1. The molecule has 3 aromatic heterocycles. The van der Waals surface area contributed by atoms with E-state index in [0.29, 0.717) is 13.1 Å². The molecule has 4 aromatic rings. The highest BCUT2D eigenvalue weighted by molar-refractivity contribution is 5.94. The molecule has 1 aliphatic heterocycles. The van der Waals surface area contributed by atoms with Crippen LogP contribution in [0.2, 0.25) is 0 Å². The minimum atomic E-state index is 0.0852. The lowest BCUT2D eigenvalue weighted by Gasteiger charge is -2.16. The Morgan fingerprint density at radius 3 is 2.81 bits per heavy atom. The average molecular weight is 412 g/mol. The first-order chi connectivity index (χ1) is 15.2. The number of aromatic amines is 1. The van der Waals surface area contributed by atoms with Gasteiger partial charge >= 0.3 is 0 Å². The topological polar surface area (TPSA) is 86.8 Å². The number of carbonyl (C=O) groups excluding carboxylic acids is 1. The van der Waals surface area contributed by atoms with E-state index in [1.165, 1.54) is 0 Å². The molecule has 156 valence electrons. The summed E-state index contributed by atoms with van der Waals surface area (Å²) >= 11 is 0. The first kappa shape index (κ1) is 19.2. The van der Waals surface area contributed by atoms with Crippen molar-refractivity contribution in [3.8, 4) is 0 Å². The van der Waals surface area contributed by atoms with Gasteiger partial charge in [-0.05, 0) is 49.7 Å². The molecule has 0 aliphatic carbocycles. The molecule has 0 bridgehead atoms. The molecular weight excluding hydrogens is 388 g/mol. The van der Waals surface area contributed by atoms with Gasteiger partial charge in [0.15, 0.2) is 11.5 Å². The summed E-state index contributed by atoms with van der Waals surface area (Å²) in [5.74, 6) is 1.08. The number of carbonyl (C=O) groups is 1. The van der Waals surface area contributed by atoms with E-state index in [2.05, 4.69) is 32.6 Å². The number of aromatic nitrogens is 4. The SMILES string of the molecule is Cc1cccc(CNc2n[nH]c3nc([C@H]4CCN(C(=O)c5ccccc5)C4)ccc23)n1. The van der Waals surface area contributed by atoms with Crippen LogP contribution >= 0.6 is 0 Å². The summed E-state index contributed by atoms with van der Waals surface area (Å²) in [5.41, 5.74) is 4.44. The molecule has 7 nitrogen and oxygen atoms in total. The van der Waals surface area contributed by atoms with Gasteiger partial charge in [-0.15, -0.1) is 0 Å². The fourth-order valence-electron chi connectivity index (χ4n) is 4.10. The lowest BCUT2D eigenvalue weighted by molar-refractivity contribution is 0.0790. The number of anilines is 1. The lowest BCUT2D eigenvalue weighted by atomic mass is 10.0. The van der Waals surface area contributed by atoms with Crippen molar-refractivity contribution < 1.29 is 4.79 Å². The Kier molecular flexibility index (Phi) is 5.08. The molecule has 5 rings (SSSR count). The maximum Gasteiger partial charge on any atom is 0.253 e. The standard InChI is InChI=1S/C24H24N6O/c1-16-6-5-9-19(26-16)14-25-22-20-10-11-21(27-23(20)29-28-22)18-12-13-30(15-18)24(31)17-7-3-2-4-8-17/h2-11,18H,12-15H2,1H3,(H2,25,27,28,29)/t18-/m0/s1. The zero-order valence-corrected chi connectivity index (χ0v) is 17.4. The number of amides is 1. The number of aryl methyl sites for hydroxylation is 1. The Balaban J connectivity index is 1.28. The van der Waals surface area contributed by atoms with Gasteiger partial charge in [-0.1, -0.05) is 24.3 Å². The predicted octanol–water partition coefficient (Wildman–Crippen LogP) is 3.90. The molecule has 1 saturated heterocycles. The predicted molar refractivity (Wildman–Crippen MR) is 120 cm³/mol. The van der Waals surface area contributed by atoms with Crippen molar-refractivity contribution >= 4 is 22.8 Å². The monoisotopic (exact) mass is 412 g/mol. The summed E-state index contributed by atoms with van der Waals surface area (Å²) in [6, 6.07) is 19.5. The number of nitrogens with one attached hydrogen (secondary N) is 2. The molecule has 0 saturated carbocycles. The molecule has 0 unspecified atom stereocenters. The summed E-state index contributed by atoms with van der Waals surface area (Å²) in [5, 5.41) is 11.7. The minimum Gasteiger partial charge on any atom is -0.362 e. The van der Waals surface area contributed by atoms with Gasteiger partial charge in [0, 0.05) is 36.0 Å². The molecule has 1 aliphatic rings. The van der Waals surface area contributed by atoms with Crippen LogP contribution in [0.15, 0.2) is 60.7 Å². The van der Waals surface area contributed by atoms with Crippen LogP contribution in [0.5, 0.6) is 0 Å². The molecule has 7 heteroatoms. The Morgan fingerprint density at radius 1 is 1.10 bits per heavy atom. The van der Waals surface area contributed by atoms with Gasteiger partial charge in [-0.25, -0.2) is 4.98 Å². The smallest absolute Gasteiger partial charge is 0.253 e. The van der Waals surface area contributed by atoms with E-state index in [1.54, 1.807) is 0 Å². The number of H-pyrrole nitrogens is 1. The van der Waals surface area contributed by atoms with Crippen LogP contribution in [-0.4, -0.2) is 44.1 Å². The highest BCUT2D eigenvalue weighted by Gasteiger charge is 2.29. The van der Waals surface area contributed by atoms with Crippen LogP contribution in [0, 0.1) is 6.92 Å². The van der Waals surface area contributed by atoms with Gasteiger partial charge in [-0.2, -0.15) is 5.10 Å². The minimum absolute atomic E-state index is 0.0852. The summed E-state index contributed by atoms with van der Waals surface area (Å²) in [6.45, 7) is 4.01. The zero-order valence-electron chi connectivity index (χ0n) is 17.4. The molecule has 1 aromatic carbocycles. The molecule has 1 amide bonds. The summed E-state index contributed by atoms with van der Waals surface area (Å²) in [4.78, 5) is 24.0. The second-order valence-electron chi connectivity index (χ2n) is 7.93. The number of likely N-dealkylation sites (tertiary alicyclic amines) is 1. The van der Waals surface area contributed by atoms with E-state index in [0.717, 1.165) is 52.5 Å². The molecule has 1 fully saturated rings. The molecule has 1 atom stereocenters. The number of hydrogen-bond acceptors (Lipinski definition) is 5. The number of nitrogens with zero attached hydrogens (tertiary/aromatic N) is 4. The summed E-state index contributed by atoms with van der Waals surface area (Å²) < 4.78 is 0. The lowest BCUT2D eigenvalue weighted by Crippen LogP contribution is -2.28. The number of hydrogen-bond donors (Lipinski definition) is 2. The number of rotatable bonds is 5. The van der Waals surface area contributed by atoms with E-state index in [-0.39, 0.29) is 11.8 Å². The molecule has 0 radical (unpaired) electrons. The van der Waals surface area contributed by atoms with Gasteiger partial charge in [0.1, 0.15) is 0 Å². The summed E-state index contributed by atoms with van der Waals surface area (Å²) in [7, 11) is 0. The van der Waals surface area contributed by atoms with E-state index < -0.39 is 0 Å². The van der Waals surface area contributed by atoms with Crippen LogP contribution in [0.1, 0.15) is 39.8 Å². The molecule has 4 heterocycles. The van der Waals surface area contributed by atoms with Gasteiger partial charge in [0.25, 0.3) is 5.91 Å². The Hall–Kier alpha value is -3.74. The van der Waals surface area contributed by atoms with Crippen molar-refractivity contribution in [1.82, 2.24) is 25.1 Å². The zero-order chi connectivity index (χ0) is 21.2. The van der Waals surface area contributed by atoms with Gasteiger partial charge < -0.3 is 10.2 Å². The quantitative estimate of drug-likeness (QED) is 0.519. The summed E-state index contributed by atoms with van der Waals surface area (Å²) in [6.07, 6.45) is 0.912. The second-order valence-corrected chi connectivity index (χ2v) is 7.93. The fraction of sp³-hybridized carbons (Fsp3) is 0.250. The second kappa shape index (κ2) is 8.18. The van der Waals surface area contributed by atoms with Crippen LogP contribution in [0.3, 0.4) is 0 Å². The largest absolute Gasteiger partial charge is 0.362 e. The van der Waals surface area contributed by atoms with Gasteiger partial charge in [0.05, 0.1) is 17.6 Å². The first-order valence-corrected chi connectivity index (χ1v) is 10.5. The molecule has 0 spiro atoms. The molecule has 2 N–H and O–H groups in total. The third-order valence-electron chi connectivity index (χ3n) is 5.74. The van der Waals surface area contributed by atoms with E-state index in [1.807, 2.05) is 60.4 Å². The Bertz CT molecular complexity index is 1220. The fourth-order valence-corrected chi connectivity index (χ4v) is 4.10. The normalized spacial score (nSPS) is 16.0. The van der Waals surface area contributed by atoms with Crippen molar-refractivity contribution in [1.29, 1.82) is 0 Å². The van der Waals surface area contributed by atoms with E-state index in [4.69, 9.17) is 4.98 Å². The van der Waals surface area contributed by atoms with Gasteiger partial charge in [-0.3, -0.25) is 14.9 Å². The van der Waals surface area contributed by atoms with Crippen LogP contribution < -0.4 is 5.32 Å². The van der Waals surface area contributed by atoms with Gasteiger partial charge in [0.2, 0.25) is 0 Å².